The van der Waals surface area contributed by atoms with Crippen molar-refractivity contribution in [1.82, 2.24) is 0 Å². The second kappa shape index (κ2) is 4.19. The van der Waals surface area contributed by atoms with E-state index in [1.54, 1.807) is 0 Å². The molecule has 0 aromatic heterocycles. The van der Waals surface area contributed by atoms with Gasteiger partial charge in [-0.05, 0) is 38.8 Å². The molecule has 66 valence electrons. The van der Waals surface area contributed by atoms with Gasteiger partial charge in [0.2, 0.25) is 0 Å². The van der Waals surface area contributed by atoms with Crippen molar-refractivity contribution < 1.29 is 0 Å². The maximum Gasteiger partial charge on any atom is 0.0613 e. The first-order valence-electron chi connectivity index (χ1n) is 4.45. The van der Waals surface area contributed by atoms with Crippen molar-refractivity contribution in [1.29, 1.82) is 0 Å². The lowest BCUT2D eigenvalue weighted by atomic mass is 9.92. The van der Waals surface area contributed by atoms with E-state index < -0.39 is 0 Å². The van der Waals surface area contributed by atoms with Gasteiger partial charge in [-0.15, -0.1) is 0 Å². The quantitative estimate of drug-likeness (QED) is 0.561. The summed E-state index contributed by atoms with van der Waals surface area (Å²) in [5.41, 5.74) is 2.22. The lowest BCUT2D eigenvalue weighted by molar-refractivity contribution is 0.492. The highest BCUT2D eigenvalue weighted by atomic mass is 14.8. The topological polar surface area (TPSA) is 24.7 Å². The van der Waals surface area contributed by atoms with Crippen molar-refractivity contribution in [3.05, 3.63) is 11.4 Å². The van der Waals surface area contributed by atoms with E-state index in [2.05, 4.69) is 23.6 Å². The zero-order chi connectivity index (χ0) is 8.97. The molecular weight excluding hydrogens is 148 g/mol. The zero-order valence-corrected chi connectivity index (χ0v) is 7.88. The Morgan fingerprint density at radius 2 is 2.25 bits per heavy atom. The van der Waals surface area contributed by atoms with Crippen LogP contribution in [0, 0.1) is 5.92 Å². The van der Waals surface area contributed by atoms with E-state index in [9.17, 15) is 0 Å². The van der Waals surface area contributed by atoms with Crippen LogP contribution in [0.1, 0.15) is 33.1 Å². The van der Waals surface area contributed by atoms with E-state index in [0.717, 1.165) is 30.2 Å². The molecule has 1 aliphatic carbocycles. The summed E-state index contributed by atoms with van der Waals surface area (Å²) in [6, 6.07) is 0. The molecule has 2 heteroatoms. The van der Waals surface area contributed by atoms with Gasteiger partial charge in [-0.1, -0.05) is 6.92 Å². The van der Waals surface area contributed by atoms with Crippen LogP contribution in [0.15, 0.2) is 21.4 Å². The third-order valence-corrected chi connectivity index (χ3v) is 2.22. The molecular formula is C10H16N2. The number of rotatable bonds is 2. The highest BCUT2D eigenvalue weighted by molar-refractivity contribution is 5.55. The van der Waals surface area contributed by atoms with Crippen molar-refractivity contribution in [2.75, 3.05) is 0 Å². The van der Waals surface area contributed by atoms with Gasteiger partial charge in [-0.25, -0.2) is 0 Å². The number of hydrogen-bond donors (Lipinski definition) is 0. The summed E-state index contributed by atoms with van der Waals surface area (Å²) in [5.74, 6) is 0.737. The number of aliphatic imine (C=N–C) groups is 2. The van der Waals surface area contributed by atoms with E-state index in [1.807, 2.05) is 13.1 Å². The standard InChI is InChI=1S/C10H16N2/c1-4-12-9-6-5-8(2)7-10(9)11-3/h4,8H,3,5-7H2,1-2H3. The Morgan fingerprint density at radius 1 is 1.50 bits per heavy atom. The molecule has 0 fully saturated rings. The smallest absolute Gasteiger partial charge is 0.0613 e. The van der Waals surface area contributed by atoms with E-state index in [0.29, 0.717) is 0 Å². The van der Waals surface area contributed by atoms with Crippen LogP contribution in [0.5, 0.6) is 0 Å². The van der Waals surface area contributed by atoms with E-state index in [1.165, 1.54) is 6.42 Å². The van der Waals surface area contributed by atoms with Gasteiger partial charge in [0.05, 0.1) is 11.4 Å². The fourth-order valence-corrected chi connectivity index (χ4v) is 1.53. The van der Waals surface area contributed by atoms with Crippen LogP contribution >= 0.6 is 0 Å². The fraction of sp³-hybridized carbons (Fsp3) is 0.600. The van der Waals surface area contributed by atoms with Crippen LogP contribution in [-0.2, 0) is 0 Å². The molecule has 12 heavy (non-hydrogen) atoms. The summed E-state index contributed by atoms with van der Waals surface area (Å²) in [6.45, 7) is 7.75. The SMILES string of the molecule is C=NC1=C(N=CC)CCC(C)C1. The minimum absolute atomic E-state index is 0.737. The Labute approximate surface area is 74.1 Å². The van der Waals surface area contributed by atoms with Crippen LogP contribution in [0.4, 0.5) is 0 Å². The molecule has 1 aliphatic rings. The van der Waals surface area contributed by atoms with Gasteiger partial charge in [-0.3, -0.25) is 9.98 Å². The van der Waals surface area contributed by atoms with Crippen LogP contribution in [0.3, 0.4) is 0 Å². The maximum absolute atomic E-state index is 4.29. The summed E-state index contributed by atoms with van der Waals surface area (Å²) in [5, 5.41) is 0. The van der Waals surface area contributed by atoms with Crippen LogP contribution in [0.2, 0.25) is 0 Å². The van der Waals surface area contributed by atoms with Crippen molar-refractivity contribution >= 4 is 12.9 Å². The molecule has 0 aromatic carbocycles. The third kappa shape index (κ3) is 2.03. The lowest BCUT2D eigenvalue weighted by Crippen LogP contribution is -2.05. The highest BCUT2D eigenvalue weighted by Crippen LogP contribution is 2.29. The summed E-state index contributed by atoms with van der Waals surface area (Å²) >= 11 is 0. The molecule has 0 N–H and O–H groups in total. The molecule has 0 heterocycles. The maximum atomic E-state index is 4.29. The van der Waals surface area contributed by atoms with E-state index in [-0.39, 0.29) is 0 Å². The number of allylic oxidation sites excluding steroid dienone is 2. The Hall–Kier alpha value is -0.920. The first kappa shape index (κ1) is 9.17. The molecule has 0 spiro atoms. The lowest BCUT2D eigenvalue weighted by Gasteiger charge is -2.19. The number of hydrogen-bond acceptors (Lipinski definition) is 2. The number of nitrogens with zero attached hydrogens (tertiary/aromatic N) is 2. The molecule has 2 nitrogen and oxygen atoms in total. The molecule has 0 saturated carbocycles. The first-order chi connectivity index (χ1) is 5.77. The molecule has 0 aliphatic heterocycles. The largest absolute Gasteiger partial charge is 0.267 e. The second-order valence-corrected chi connectivity index (χ2v) is 3.29. The van der Waals surface area contributed by atoms with Gasteiger partial charge < -0.3 is 0 Å². The van der Waals surface area contributed by atoms with Crippen molar-refractivity contribution in [2.24, 2.45) is 15.9 Å². The highest BCUT2D eigenvalue weighted by Gasteiger charge is 2.15. The zero-order valence-electron chi connectivity index (χ0n) is 7.88. The monoisotopic (exact) mass is 164 g/mol. The summed E-state index contributed by atoms with van der Waals surface area (Å²) in [4.78, 5) is 8.31. The molecule has 0 aromatic rings. The second-order valence-electron chi connectivity index (χ2n) is 3.29. The van der Waals surface area contributed by atoms with E-state index in [4.69, 9.17) is 0 Å². The van der Waals surface area contributed by atoms with Crippen LogP contribution < -0.4 is 0 Å². The van der Waals surface area contributed by atoms with Crippen molar-refractivity contribution in [3.8, 4) is 0 Å². The molecule has 1 unspecified atom stereocenters. The normalized spacial score (nSPS) is 25.0. The van der Waals surface area contributed by atoms with Gasteiger partial charge in [-0.2, -0.15) is 0 Å². The molecule has 1 atom stereocenters. The van der Waals surface area contributed by atoms with E-state index >= 15 is 0 Å². The first-order valence-corrected chi connectivity index (χ1v) is 4.45. The third-order valence-electron chi connectivity index (χ3n) is 2.22. The van der Waals surface area contributed by atoms with Crippen LogP contribution in [0.25, 0.3) is 0 Å². The average Bonchev–Trinajstić information content (AvgIpc) is 2.08. The predicted octanol–water partition coefficient (Wildman–Crippen LogP) is 2.81. The molecule has 0 radical (unpaired) electrons. The Morgan fingerprint density at radius 3 is 2.83 bits per heavy atom. The molecule has 1 rings (SSSR count). The molecule has 0 saturated heterocycles. The van der Waals surface area contributed by atoms with Crippen molar-refractivity contribution in [3.63, 3.8) is 0 Å². The molecule has 0 bridgehead atoms. The van der Waals surface area contributed by atoms with Gasteiger partial charge in [0.15, 0.2) is 0 Å². The van der Waals surface area contributed by atoms with Gasteiger partial charge in [0.25, 0.3) is 0 Å². The Bertz CT molecular complexity index is 226. The fourth-order valence-electron chi connectivity index (χ4n) is 1.53. The minimum atomic E-state index is 0.737. The summed E-state index contributed by atoms with van der Waals surface area (Å²) < 4.78 is 0. The van der Waals surface area contributed by atoms with Gasteiger partial charge >= 0.3 is 0 Å². The van der Waals surface area contributed by atoms with Crippen LogP contribution in [-0.4, -0.2) is 12.9 Å². The minimum Gasteiger partial charge on any atom is -0.267 e. The Balaban J connectivity index is 2.83. The predicted molar refractivity (Wildman–Crippen MR) is 53.8 cm³/mol. The summed E-state index contributed by atoms with van der Waals surface area (Å²) in [6.07, 6.45) is 5.15. The van der Waals surface area contributed by atoms with Crippen molar-refractivity contribution in [2.45, 2.75) is 33.1 Å². The van der Waals surface area contributed by atoms with Gasteiger partial charge in [0, 0.05) is 6.21 Å². The Kier molecular flexibility index (Phi) is 3.20. The van der Waals surface area contributed by atoms with Gasteiger partial charge in [0.1, 0.15) is 0 Å². The molecule has 0 amide bonds. The average molecular weight is 164 g/mol. The summed E-state index contributed by atoms with van der Waals surface area (Å²) in [7, 11) is 0.